The van der Waals surface area contributed by atoms with Crippen molar-refractivity contribution in [3.05, 3.63) is 153 Å². The zero-order valence-electron chi connectivity index (χ0n) is 25.5. The van der Waals surface area contributed by atoms with Crippen molar-refractivity contribution in [2.75, 3.05) is 31.1 Å². The summed E-state index contributed by atoms with van der Waals surface area (Å²) in [5, 5.41) is 13.1. The number of aliphatic hydroxyl groups excluding tert-OH is 1. The number of aliphatic hydroxyl groups is 1. The minimum Gasteiger partial charge on any atom is -0.507 e. The van der Waals surface area contributed by atoms with Crippen LogP contribution in [0.3, 0.4) is 0 Å². The molecule has 0 aliphatic carbocycles. The fraction of sp³-hybridized carbons (Fsp3) is 0.162. The number of anilines is 1. The molecule has 4 aromatic carbocycles. The lowest BCUT2D eigenvalue weighted by atomic mass is 10.0. The van der Waals surface area contributed by atoms with E-state index >= 15 is 0 Å². The minimum absolute atomic E-state index is 0.124. The van der Waals surface area contributed by atoms with Crippen molar-refractivity contribution in [1.29, 1.82) is 0 Å². The van der Waals surface area contributed by atoms with Gasteiger partial charge in [0.05, 0.1) is 12.1 Å². The smallest absolute Gasteiger partial charge is 0.294 e. The Bertz CT molecular complexity index is 2130. The molecule has 5 aromatic rings. The van der Waals surface area contributed by atoms with E-state index in [1.54, 1.807) is 6.07 Å². The molecule has 1 amide bonds. The lowest BCUT2D eigenvalue weighted by Gasteiger charge is -2.36. The number of halogens is 4. The second kappa shape index (κ2) is 13.6. The van der Waals surface area contributed by atoms with Gasteiger partial charge in [-0.2, -0.15) is 0 Å². The number of piperazine rings is 1. The second-order valence-electron chi connectivity index (χ2n) is 11.5. The Morgan fingerprint density at radius 1 is 0.771 bits per heavy atom. The first kappa shape index (κ1) is 32.2. The third-order valence-corrected chi connectivity index (χ3v) is 8.38. The maximum Gasteiger partial charge on any atom is 0.294 e. The van der Waals surface area contributed by atoms with E-state index in [9.17, 15) is 37.1 Å². The number of hydrogen-bond acceptors (Lipinski definition) is 5. The largest absolute Gasteiger partial charge is 0.507 e. The molecule has 0 radical (unpaired) electrons. The molecule has 244 valence electrons. The second-order valence-corrected chi connectivity index (χ2v) is 11.5. The Morgan fingerprint density at radius 3 is 2.25 bits per heavy atom. The summed E-state index contributed by atoms with van der Waals surface area (Å²) in [5.41, 5.74) is -0.195. The SMILES string of the molecule is O=C(C=C(O)c1cc(Cc2ccc(F)c(F)c2F)cn(Cc2ccccc2F)c1=O)C(=O)N1CCN(c2cccc3ccccc23)CC1. The van der Waals surface area contributed by atoms with Gasteiger partial charge in [-0.3, -0.25) is 14.4 Å². The van der Waals surface area contributed by atoms with E-state index < -0.39 is 51.8 Å². The van der Waals surface area contributed by atoms with Crippen LogP contribution in [0, 0.1) is 23.3 Å². The molecule has 1 aliphatic rings. The van der Waals surface area contributed by atoms with E-state index in [2.05, 4.69) is 4.90 Å². The summed E-state index contributed by atoms with van der Waals surface area (Å²) in [6, 6.07) is 22.6. The molecular formula is C37H29F4N3O4. The summed E-state index contributed by atoms with van der Waals surface area (Å²) >= 11 is 0. The number of hydrogen-bond donors (Lipinski definition) is 1. The summed E-state index contributed by atoms with van der Waals surface area (Å²) in [5.74, 6) is -7.84. The van der Waals surface area contributed by atoms with Crippen molar-refractivity contribution >= 4 is 33.9 Å². The van der Waals surface area contributed by atoms with Gasteiger partial charge in [0.1, 0.15) is 11.6 Å². The van der Waals surface area contributed by atoms with Crippen molar-refractivity contribution < 1.29 is 32.3 Å². The lowest BCUT2D eigenvalue weighted by molar-refractivity contribution is -0.142. The quantitative estimate of drug-likeness (QED) is 0.0728. The van der Waals surface area contributed by atoms with Crippen LogP contribution < -0.4 is 10.5 Å². The molecule has 1 aromatic heterocycles. The first-order valence-corrected chi connectivity index (χ1v) is 15.2. The zero-order chi connectivity index (χ0) is 33.9. The maximum absolute atomic E-state index is 14.5. The number of ketones is 1. The number of nitrogens with zero attached hydrogens (tertiary/aromatic N) is 3. The van der Waals surface area contributed by atoms with Gasteiger partial charge in [0, 0.05) is 61.5 Å². The van der Waals surface area contributed by atoms with Crippen LogP contribution in [-0.4, -0.2) is 52.4 Å². The number of carbonyl (C=O) groups excluding carboxylic acids is 2. The molecule has 0 bridgehead atoms. The molecule has 48 heavy (non-hydrogen) atoms. The molecular weight excluding hydrogens is 626 g/mol. The molecule has 6 rings (SSSR count). The van der Waals surface area contributed by atoms with Crippen molar-refractivity contribution in [3.8, 4) is 0 Å². The van der Waals surface area contributed by atoms with Crippen molar-refractivity contribution in [2.24, 2.45) is 0 Å². The number of fused-ring (bicyclic) bond motifs is 1. The van der Waals surface area contributed by atoms with Crippen LogP contribution in [0.2, 0.25) is 0 Å². The topological polar surface area (TPSA) is 82.8 Å². The van der Waals surface area contributed by atoms with Gasteiger partial charge in [0.15, 0.2) is 17.5 Å². The molecule has 0 unspecified atom stereocenters. The summed E-state index contributed by atoms with van der Waals surface area (Å²) in [4.78, 5) is 43.1. The molecule has 1 aliphatic heterocycles. The Morgan fingerprint density at radius 2 is 1.48 bits per heavy atom. The fourth-order valence-corrected chi connectivity index (χ4v) is 5.88. The van der Waals surface area contributed by atoms with Crippen LogP contribution in [-0.2, 0) is 22.6 Å². The first-order chi connectivity index (χ1) is 23.1. The van der Waals surface area contributed by atoms with Crippen LogP contribution in [0.25, 0.3) is 16.5 Å². The Kier molecular flexibility index (Phi) is 9.11. The molecule has 0 atom stereocenters. The zero-order valence-corrected chi connectivity index (χ0v) is 25.5. The van der Waals surface area contributed by atoms with Crippen LogP contribution >= 0.6 is 0 Å². The highest BCUT2D eigenvalue weighted by Crippen LogP contribution is 2.28. The van der Waals surface area contributed by atoms with Crippen LogP contribution in [0.4, 0.5) is 23.2 Å². The van der Waals surface area contributed by atoms with Gasteiger partial charge in [0.2, 0.25) is 5.78 Å². The van der Waals surface area contributed by atoms with Gasteiger partial charge in [0.25, 0.3) is 11.5 Å². The Balaban J connectivity index is 1.25. The molecule has 0 saturated carbocycles. The number of aromatic nitrogens is 1. The van der Waals surface area contributed by atoms with Gasteiger partial charge in [-0.25, -0.2) is 17.6 Å². The summed E-state index contributed by atoms with van der Waals surface area (Å²) in [6.07, 6.45) is 1.58. The van der Waals surface area contributed by atoms with E-state index in [0.717, 1.165) is 39.2 Å². The fourth-order valence-electron chi connectivity index (χ4n) is 5.88. The molecule has 7 nitrogen and oxygen atoms in total. The number of benzene rings is 4. The van der Waals surface area contributed by atoms with Gasteiger partial charge >= 0.3 is 0 Å². The molecule has 1 N–H and O–H groups in total. The predicted molar refractivity (Wildman–Crippen MR) is 174 cm³/mol. The van der Waals surface area contributed by atoms with Gasteiger partial charge in [-0.15, -0.1) is 0 Å². The maximum atomic E-state index is 14.5. The Labute approximate surface area is 272 Å². The third-order valence-electron chi connectivity index (χ3n) is 8.38. The Hall–Kier alpha value is -5.71. The van der Waals surface area contributed by atoms with Crippen LogP contribution in [0.15, 0.2) is 102 Å². The lowest BCUT2D eigenvalue weighted by Crippen LogP contribution is -2.50. The van der Waals surface area contributed by atoms with E-state index in [0.29, 0.717) is 19.2 Å². The highest BCUT2D eigenvalue weighted by molar-refractivity contribution is 6.41. The molecule has 0 spiro atoms. The van der Waals surface area contributed by atoms with E-state index in [1.165, 1.54) is 29.3 Å². The number of rotatable bonds is 8. The molecule has 1 saturated heterocycles. The van der Waals surface area contributed by atoms with Gasteiger partial charge < -0.3 is 19.5 Å². The van der Waals surface area contributed by atoms with E-state index in [4.69, 9.17) is 0 Å². The van der Waals surface area contributed by atoms with Gasteiger partial charge in [-0.05, 0) is 40.8 Å². The van der Waals surface area contributed by atoms with E-state index in [-0.39, 0.29) is 42.7 Å². The van der Waals surface area contributed by atoms with Crippen molar-refractivity contribution in [1.82, 2.24) is 9.47 Å². The monoisotopic (exact) mass is 655 g/mol. The van der Waals surface area contributed by atoms with Crippen LogP contribution in [0.1, 0.15) is 22.3 Å². The number of pyridine rings is 1. The number of amides is 1. The average Bonchev–Trinajstić information content (AvgIpc) is 3.10. The highest BCUT2D eigenvalue weighted by atomic mass is 19.2. The minimum atomic E-state index is -1.67. The third kappa shape index (κ3) is 6.57. The normalized spacial score (nSPS) is 13.6. The molecule has 11 heteroatoms. The standard InChI is InChI=1S/C37H29F4N3O4/c38-29-10-4-2-7-26(29)22-44-21-23(18-25-12-13-30(39)35(41)34(25)40)19-28(36(44)47)32(45)20-33(46)37(48)43-16-14-42(15-17-43)31-11-5-8-24-6-1-3-9-27(24)31/h1-13,19-21,45H,14-18,22H2. The highest BCUT2D eigenvalue weighted by Gasteiger charge is 2.27. The van der Waals surface area contributed by atoms with E-state index in [1.807, 2.05) is 42.5 Å². The van der Waals surface area contributed by atoms with Crippen molar-refractivity contribution in [2.45, 2.75) is 13.0 Å². The van der Waals surface area contributed by atoms with Crippen LogP contribution in [0.5, 0.6) is 0 Å². The number of carbonyl (C=O) groups is 2. The first-order valence-electron chi connectivity index (χ1n) is 15.2. The average molecular weight is 656 g/mol. The summed E-state index contributed by atoms with van der Waals surface area (Å²) in [7, 11) is 0. The molecule has 1 fully saturated rings. The summed E-state index contributed by atoms with van der Waals surface area (Å²) < 4.78 is 57.5. The van der Waals surface area contributed by atoms with Crippen molar-refractivity contribution in [3.63, 3.8) is 0 Å². The predicted octanol–water partition coefficient (Wildman–Crippen LogP) is 6.01. The summed E-state index contributed by atoms with van der Waals surface area (Å²) in [6.45, 7) is 1.12. The molecule has 2 heterocycles. The van der Waals surface area contributed by atoms with Gasteiger partial charge in [-0.1, -0.05) is 60.7 Å².